The van der Waals surface area contributed by atoms with Crippen LogP contribution >= 0.6 is 0 Å². The van der Waals surface area contributed by atoms with Gasteiger partial charge in [-0.15, -0.1) is 0 Å². The average Bonchev–Trinajstić information content (AvgIpc) is 2.84. The molecule has 0 heterocycles. The Bertz CT molecular complexity index is 1280. The summed E-state index contributed by atoms with van der Waals surface area (Å²) in [5, 5.41) is 0. The number of benzene rings is 3. The van der Waals surface area contributed by atoms with Crippen molar-refractivity contribution in [3.05, 3.63) is 87.5 Å². The van der Waals surface area contributed by atoms with Crippen molar-refractivity contribution in [1.82, 2.24) is 0 Å². The molecular formula is C26H22O7. The van der Waals surface area contributed by atoms with Gasteiger partial charge in [0.25, 0.3) is 0 Å². The monoisotopic (exact) mass is 446 g/mol. The number of hydrogen-bond donors (Lipinski definition) is 0. The van der Waals surface area contributed by atoms with Crippen molar-refractivity contribution < 1.29 is 33.3 Å². The second-order valence-electron chi connectivity index (χ2n) is 7.44. The number of carbonyl (C=O) groups is 3. The Hall–Kier alpha value is -4.13. The minimum absolute atomic E-state index is 0.0556. The van der Waals surface area contributed by atoms with Gasteiger partial charge >= 0.3 is 5.97 Å². The fourth-order valence-corrected chi connectivity index (χ4v) is 4.08. The van der Waals surface area contributed by atoms with Crippen molar-refractivity contribution in [3.63, 3.8) is 0 Å². The molecule has 168 valence electrons. The first-order valence-electron chi connectivity index (χ1n) is 10.2. The molecule has 0 spiro atoms. The third-order valence-corrected chi connectivity index (χ3v) is 5.67. The Labute approximate surface area is 190 Å². The molecule has 0 amide bonds. The van der Waals surface area contributed by atoms with Gasteiger partial charge in [-0.05, 0) is 36.2 Å². The maximum Gasteiger partial charge on any atom is 0.342 e. The van der Waals surface area contributed by atoms with Crippen LogP contribution in [0, 0.1) is 6.92 Å². The van der Waals surface area contributed by atoms with Crippen molar-refractivity contribution in [2.24, 2.45) is 0 Å². The Kier molecular flexibility index (Phi) is 5.87. The molecule has 0 saturated heterocycles. The summed E-state index contributed by atoms with van der Waals surface area (Å²) < 4.78 is 21.6. The molecule has 3 aromatic rings. The van der Waals surface area contributed by atoms with Crippen molar-refractivity contribution >= 4 is 17.5 Å². The number of rotatable bonds is 6. The molecule has 0 saturated carbocycles. The summed E-state index contributed by atoms with van der Waals surface area (Å²) in [7, 11) is 4.23. The van der Waals surface area contributed by atoms with Crippen LogP contribution in [0.4, 0.5) is 0 Å². The lowest BCUT2D eigenvalue weighted by molar-refractivity contribution is 0.0468. The highest BCUT2D eigenvalue weighted by atomic mass is 16.5. The van der Waals surface area contributed by atoms with Crippen molar-refractivity contribution in [3.8, 4) is 17.2 Å². The summed E-state index contributed by atoms with van der Waals surface area (Å²) >= 11 is 0. The van der Waals surface area contributed by atoms with Gasteiger partial charge in [0.1, 0.15) is 29.4 Å². The van der Waals surface area contributed by atoms with E-state index in [1.54, 1.807) is 19.1 Å². The lowest BCUT2D eigenvalue weighted by atomic mass is 9.79. The van der Waals surface area contributed by atoms with E-state index in [2.05, 4.69) is 0 Å². The molecular weight excluding hydrogens is 424 g/mol. The van der Waals surface area contributed by atoms with Crippen LogP contribution in [0.3, 0.4) is 0 Å². The molecule has 1 aliphatic carbocycles. The first-order valence-corrected chi connectivity index (χ1v) is 10.2. The molecule has 1 aliphatic rings. The molecule has 3 aromatic carbocycles. The molecule has 7 nitrogen and oxygen atoms in total. The number of ketones is 2. The van der Waals surface area contributed by atoms with Crippen LogP contribution < -0.4 is 14.2 Å². The minimum Gasteiger partial charge on any atom is -0.496 e. The Morgan fingerprint density at radius 2 is 1.33 bits per heavy atom. The average molecular weight is 446 g/mol. The van der Waals surface area contributed by atoms with Gasteiger partial charge in [0, 0.05) is 11.1 Å². The van der Waals surface area contributed by atoms with Crippen LogP contribution in [0.2, 0.25) is 0 Å². The molecule has 0 atom stereocenters. The largest absolute Gasteiger partial charge is 0.496 e. The van der Waals surface area contributed by atoms with E-state index in [9.17, 15) is 14.4 Å². The van der Waals surface area contributed by atoms with Gasteiger partial charge in [-0.2, -0.15) is 0 Å². The highest BCUT2D eigenvalue weighted by Crippen LogP contribution is 2.42. The van der Waals surface area contributed by atoms with Gasteiger partial charge in [-0.25, -0.2) is 4.79 Å². The molecule has 33 heavy (non-hydrogen) atoms. The molecule has 0 N–H and O–H groups in total. The number of carbonyl (C=O) groups excluding carboxylic acids is 3. The molecule has 0 unspecified atom stereocenters. The van der Waals surface area contributed by atoms with E-state index in [0.717, 1.165) is 5.56 Å². The van der Waals surface area contributed by atoms with E-state index in [1.165, 1.54) is 27.4 Å². The molecule has 0 aliphatic heterocycles. The van der Waals surface area contributed by atoms with E-state index < -0.39 is 17.5 Å². The first kappa shape index (κ1) is 22.1. The van der Waals surface area contributed by atoms with Gasteiger partial charge in [0.2, 0.25) is 0 Å². The topological polar surface area (TPSA) is 88.1 Å². The number of esters is 1. The number of hydrogen-bond acceptors (Lipinski definition) is 7. The minimum atomic E-state index is -0.653. The third kappa shape index (κ3) is 3.61. The normalized spacial score (nSPS) is 12.0. The van der Waals surface area contributed by atoms with Gasteiger partial charge in [-0.3, -0.25) is 9.59 Å². The lowest BCUT2D eigenvalue weighted by Crippen LogP contribution is -2.25. The number of ether oxygens (including phenoxy) is 4. The maximum absolute atomic E-state index is 13.6. The second-order valence-corrected chi connectivity index (χ2v) is 7.44. The Morgan fingerprint density at radius 1 is 0.758 bits per heavy atom. The van der Waals surface area contributed by atoms with Crippen molar-refractivity contribution in [2.45, 2.75) is 13.5 Å². The van der Waals surface area contributed by atoms with Crippen LogP contribution in [0.1, 0.15) is 53.3 Å². The third-order valence-electron chi connectivity index (χ3n) is 5.67. The summed E-state index contributed by atoms with van der Waals surface area (Å²) in [4.78, 5) is 40.1. The van der Waals surface area contributed by atoms with Gasteiger partial charge in [0.05, 0.1) is 32.5 Å². The smallest absolute Gasteiger partial charge is 0.342 e. The zero-order valence-electron chi connectivity index (χ0n) is 18.7. The van der Waals surface area contributed by atoms with Crippen LogP contribution in [0.5, 0.6) is 17.2 Å². The quantitative estimate of drug-likeness (QED) is 0.411. The summed E-state index contributed by atoms with van der Waals surface area (Å²) in [6.45, 7) is 1.66. The van der Waals surface area contributed by atoms with Crippen LogP contribution in [0.15, 0.2) is 48.5 Å². The molecule has 0 radical (unpaired) electrons. The maximum atomic E-state index is 13.6. The van der Waals surface area contributed by atoms with Crippen LogP contribution in [-0.2, 0) is 11.3 Å². The Balaban J connectivity index is 1.84. The standard InChI is InChI=1S/C26H22O7/c1-14-20-16(24(27)22-17(30-2)10-11-18(31-3)23(22)25(20)28)12-19(32-4)21(14)26(29)33-13-15-8-6-5-7-9-15/h5-12H,13H2,1-4H3. The van der Waals surface area contributed by atoms with E-state index in [0.29, 0.717) is 5.56 Å². The lowest BCUT2D eigenvalue weighted by Gasteiger charge is -2.24. The summed E-state index contributed by atoms with van der Waals surface area (Å²) in [6.07, 6.45) is 0. The van der Waals surface area contributed by atoms with Crippen molar-refractivity contribution in [1.29, 1.82) is 0 Å². The number of methoxy groups -OCH3 is 3. The van der Waals surface area contributed by atoms with Gasteiger partial charge in [0.15, 0.2) is 11.6 Å². The predicted octanol–water partition coefficient (Wildman–Crippen LogP) is 4.15. The molecule has 0 aromatic heterocycles. The number of fused-ring (bicyclic) bond motifs is 2. The van der Waals surface area contributed by atoms with Crippen molar-refractivity contribution in [2.75, 3.05) is 21.3 Å². The van der Waals surface area contributed by atoms with Crippen LogP contribution in [-0.4, -0.2) is 38.9 Å². The van der Waals surface area contributed by atoms with Gasteiger partial charge < -0.3 is 18.9 Å². The molecule has 4 rings (SSSR count). The fourth-order valence-electron chi connectivity index (χ4n) is 4.08. The van der Waals surface area contributed by atoms with Crippen LogP contribution in [0.25, 0.3) is 0 Å². The zero-order chi connectivity index (χ0) is 23.7. The van der Waals surface area contributed by atoms with E-state index in [-0.39, 0.29) is 51.7 Å². The highest BCUT2D eigenvalue weighted by Gasteiger charge is 2.38. The molecule has 0 bridgehead atoms. The summed E-state index contributed by atoms with van der Waals surface area (Å²) in [5.74, 6) is -0.847. The highest BCUT2D eigenvalue weighted by molar-refractivity contribution is 6.31. The zero-order valence-corrected chi connectivity index (χ0v) is 18.7. The first-order chi connectivity index (χ1) is 15.9. The van der Waals surface area contributed by atoms with E-state index in [1.807, 2.05) is 30.3 Å². The summed E-state index contributed by atoms with van der Waals surface area (Å²) in [5.41, 5.74) is 1.69. The van der Waals surface area contributed by atoms with Gasteiger partial charge in [-0.1, -0.05) is 30.3 Å². The van der Waals surface area contributed by atoms with E-state index in [4.69, 9.17) is 18.9 Å². The summed E-state index contributed by atoms with van der Waals surface area (Å²) in [6, 6.07) is 13.8. The SMILES string of the molecule is COc1cc2c(c(C)c1C(=O)OCc1ccccc1)C(=O)c1c(OC)ccc(OC)c1C2=O. The second kappa shape index (κ2) is 8.78. The van der Waals surface area contributed by atoms with E-state index >= 15 is 0 Å². The Morgan fingerprint density at radius 3 is 1.91 bits per heavy atom. The predicted molar refractivity (Wildman–Crippen MR) is 120 cm³/mol. The molecule has 0 fully saturated rings. The molecule has 7 heteroatoms. The fraction of sp³-hybridized carbons (Fsp3) is 0.192.